The van der Waals surface area contributed by atoms with Gasteiger partial charge >= 0.3 is 0 Å². The number of aromatic nitrogens is 2. The molecule has 0 saturated carbocycles. The van der Waals surface area contributed by atoms with Gasteiger partial charge in [-0.15, -0.1) is 0 Å². The number of halogens is 2. The van der Waals surface area contributed by atoms with Crippen molar-refractivity contribution >= 4 is 29.3 Å². The average molecular weight is 399 g/mol. The number of hydrogen-bond donors (Lipinski definition) is 1. The fourth-order valence-electron chi connectivity index (χ4n) is 2.81. The number of nitrogens with one attached hydrogen (secondary N) is 1. The Labute approximate surface area is 168 Å². The summed E-state index contributed by atoms with van der Waals surface area (Å²) in [4.78, 5) is 22.9. The van der Waals surface area contributed by atoms with Crippen molar-refractivity contribution < 1.29 is 9.18 Å². The Hall–Kier alpha value is -2.99. The molecule has 0 fully saturated rings. The predicted octanol–water partition coefficient (Wildman–Crippen LogP) is 5.11. The first-order chi connectivity index (χ1) is 13.5. The zero-order valence-electron chi connectivity index (χ0n) is 15.6. The Balaban J connectivity index is 1.85. The molecule has 144 valence electrons. The van der Waals surface area contributed by atoms with Gasteiger partial charge in [0.2, 0.25) is 5.95 Å². The Morgan fingerprint density at radius 2 is 1.93 bits per heavy atom. The van der Waals surface area contributed by atoms with E-state index in [1.165, 1.54) is 17.0 Å². The molecular formula is C21H20ClFN4O. The highest BCUT2D eigenvalue weighted by Crippen LogP contribution is 2.23. The van der Waals surface area contributed by atoms with Crippen LogP contribution in [-0.2, 0) is 0 Å². The quantitative estimate of drug-likeness (QED) is 0.626. The number of carbonyl (C=O) groups is 1. The fraction of sp³-hybridized carbons (Fsp3) is 0.190. The van der Waals surface area contributed by atoms with Gasteiger partial charge in [0.15, 0.2) is 5.82 Å². The highest BCUT2D eigenvalue weighted by atomic mass is 35.5. The number of hydrogen-bond acceptors (Lipinski definition) is 4. The third kappa shape index (κ3) is 4.28. The fourth-order valence-corrected chi connectivity index (χ4v) is 2.99. The van der Waals surface area contributed by atoms with Crippen molar-refractivity contribution in [2.75, 3.05) is 16.8 Å². The van der Waals surface area contributed by atoms with Gasteiger partial charge < -0.3 is 5.32 Å². The average Bonchev–Trinajstić information content (AvgIpc) is 2.71. The second kappa shape index (κ2) is 8.80. The smallest absolute Gasteiger partial charge is 0.262 e. The molecule has 0 aliphatic carbocycles. The van der Waals surface area contributed by atoms with Crippen molar-refractivity contribution in [3.8, 4) is 0 Å². The third-order valence-corrected chi connectivity index (χ3v) is 4.60. The summed E-state index contributed by atoms with van der Waals surface area (Å²) in [7, 11) is 0. The molecule has 0 aliphatic rings. The summed E-state index contributed by atoms with van der Waals surface area (Å²) in [6.07, 6.45) is 1.56. The van der Waals surface area contributed by atoms with Crippen molar-refractivity contribution in [1.82, 2.24) is 9.97 Å². The summed E-state index contributed by atoms with van der Waals surface area (Å²) in [5, 5.41) is 3.13. The zero-order chi connectivity index (χ0) is 20.1. The van der Waals surface area contributed by atoms with E-state index >= 15 is 0 Å². The van der Waals surface area contributed by atoms with Gasteiger partial charge in [-0.25, -0.2) is 9.37 Å². The summed E-state index contributed by atoms with van der Waals surface area (Å²) in [6, 6.07) is 15.8. The molecule has 1 amide bonds. The van der Waals surface area contributed by atoms with Crippen molar-refractivity contribution in [1.29, 1.82) is 0 Å². The molecule has 1 aromatic heterocycles. The van der Waals surface area contributed by atoms with Gasteiger partial charge in [-0.3, -0.25) is 9.69 Å². The lowest BCUT2D eigenvalue weighted by Gasteiger charge is -2.21. The van der Waals surface area contributed by atoms with Crippen LogP contribution in [0.3, 0.4) is 0 Å². The van der Waals surface area contributed by atoms with E-state index in [9.17, 15) is 9.18 Å². The molecule has 1 N–H and O–H groups in total. The molecule has 2 aromatic carbocycles. The molecule has 0 aliphatic heterocycles. The summed E-state index contributed by atoms with van der Waals surface area (Å²) in [5.41, 5.74) is 0.987. The number of benzene rings is 2. The first-order valence-corrected chi connectivity index (χ1v) is 9.29. The van der Waals surface area contributed by atoms with Crippen LogP contribution in [0.4, 0.5) is 16.2 Å². The van der Waals surface area contributed by atoms with Crippen LogP contribution in [0.25, 0.3) is 0 Å². The molecule has 3 rings (SSSR count). The van der Waals surface area contributed by atoms with Crippen LogP contribution >= 0.6 is 11.6 Å². The van der Waals surface area contributed by atoms with Crippen LogP contribution in [0.1, 0.15) is 35.8 Å². The Kier molecular flexibility index (Phi) is 6.21. The number of anilines is 2. The Morgan fingerprint density at radius 3 is 2.64 bits per heavy atom. The standard InChI is InChI=1S/C21H20ClFN4O/c1-3-27(20(28)16-10-7-11-17(22)19(16)23)18-12-13-24-21(26-18)25-14(2)15-8-5-4-6-9-15/h4-14H,3H2,1-2H3,(H,24,25,26)/t14-/m0/s1. The van der Waals surface area contributed by atoms with Crippen LogP contribution in [-0.4, -0.2) is 22.4 Å². The lowest BCUT2D eigenvalue weighted by Crippen LogP contribution is -2.32. The summed E-state index contributed by atoms with van der Waals surface area (Å²) < 4.78 is 14.3. The molecule has 0 spiro atoms. The molecule has 1 heterocycles. The van der Waals surface area contributed by atoms with E-state index in [0.717, 1.165) is 5.56 Å². The SMILES string of the molecule is CCN(C(=O)c1cccc(Cl)c1F)c1ccnc(N[C@@H](C)c2ccccc2)n1. The number of nitrogens with zero attached hydrogens (tertiary/aromatic N) is 3. The first kappa shape index (κ1) is 19.8. The number of carbonyl (C=O) groups excluding carboxylic acids is 1. The van der Waals surface area contributed by atoms with Gasteiger partial charge in [-0.05, 0) is 37.6 Å². The van der Waals surface area contributed by atoms with E-state index in [2.05, 4.69) is 15.3 Å². The maximum absolute atomic E-state index is 14.3. The molecule has 0 bridgehead atoms. The molecule has 3 aromatic rings. The van der Waals surface area contributed by atoms with E-state index in [0.29, 0.717) is 18.3 Å². The predicted molar refractivity (Wildman–Crippen MR) is 109 cm³/mol. The third-order valence-electron chi connectivity index (χ3n) is 4.31. The first-order valence-electron chi connectivity index (χ1n) is 8.91. The number of rotatable bonds is 6. The van der Waals surface area contributed by atoms with E-state index in [4.69, 9.17) is 11.6 Å². The maximum Gasteiger partial charge on any atom is 0.262 e. The summed E-state index contributed by atoms with van der Waals surface area (Å²) >= 11 is 5.81. The van der Waals surface area contributed by atoms with E-state index < -0.39 is 11.7 Å². The highest BCUT2D eigenvalue weighted by Gasteiger charge is 2.22. The molecule has 0 saturated heterocycles. The Bertz CT molecular complexity index is 968. The van der Waals surface area contributed by atoms with Crippen molar-refractivity contribution in [3.63, 3.8) is 0 Å². The molecule has 0 unspecified atom stereocenters. The molecule has 0 radical (unpaired) electrons. The monoisotopic (exact) mass is 398 g/mol. The topological polar surface area (TPSA) is 58.1 Å². The van der Waals surface area contributed by atoms with Crippen molar-refractivity contribution in [2.45, 2.75) is 19.9 Å². The largest absolute Gasteiger partial charge is 0.348 e. The second-order valence-electron chi connectivity index (χ2n) is 6.17. The van der Waals surface area contributed by atoms with E-state index in [1.54, 1.807) is 25.3 Å². The lowest BCUT2D eigenvalue weighted by molar-refractivity contribution is 0.0983. The van der Waals surface area contributed by atoms with Gasteiger partial charge in [-0.2, -0.15) is 4.98 Å². The van der Waals surface area contributed by atoms with Crippen molar-refractivity contribution in [2.24, 2.45) is 0 Å². The van der Waals surface area contributed by atoms with Crippen LogP contribution in [0.5, 0.6) is 0 Å². The molecule has 7 heteroatoms. The molecule has 1 atom stereocenters. The van der Waals surface area contributed by atoms with Crippen LogP contribution in [0.15, 0.2) is 60.8 Å². The van der Waals surface area contributed by atoms with Gasteiger partial charge in [0.1, 0.15) is 5.82 Å². The zero-order valence-corrected chi connectivity index (χ0v) is 16.3. The van der Waals surface area contributed by atoms with Crippen molar-refractivity contribution in [3.05, 3.63) is 82.8 Å². The lowest BCUT2D eigenvalue weighted by atomic mass is 10.1. The minimum Gasteiger partial charge on any atom is -0.348 e. The van der Waals surface area contributed by atoms with Gasteiger partial charge in [0, 0.05) is 12.7 Å². The summed E-state index contributed by atoms with van der Waals surface area (Å²) in [5.74, 6) is -0.489. The van der Waals surface area contributed by atoms with E-state index in [1.807, 2.05) is 37.3 Å². The normalized spacial score (nSPS) is 11.7. The minimum absolute atomic E-state index is 0.0207. The van der Waals surface area contributed by atoms with Crippen LogP contribution < -0.4 is 10.2 Å². The molecule has 5 nitrogen and oxygen atoms in total. The van der Waals surface area contributed by atoms with Gasteiger partial charge in [0.25, 0.3) is 5.91 Å². The summed E-state index contributed by atoms with van der Waals surface area (Å²) in [6.45, 7) is 4.10. The van der Waals surface area contributed by atoms with Crippen LogP contribution in [0, 0.1) is 5.82 Å². The van der Waals surface area contributed by atoms with Crippen LogP contribution in [0.2, 0.25) is 5.02 Å². The van der Waals surface area contributed by atoms with E-state index in [-0.39, 0.29) is 16.6 Å². The highest BCUT2D eigenvalue weighted by molar-refractivity contribution is 6.31. The Morgan fingerprint density at radius 1 is 1.18 bits per heavy atom. The van der Waals surface area contributed by atoms with Gasteiger partial charge in [0.05, 0.1) is 16.6 Å². The molecular weight excluding hydrogens is 379 g/mol. The maximum atomic E-state index is 14.3. The number of amides is 1. The molecule has 28 heavy (non-hydrogen) atoms. The minimum atomic E-state index is -0.738. The van der Waals surface area contributed by atoms with Gasteiger partial charge in [-0.1, -0.05) is 48.0 Å². The second-order valence-corrected chi connectivity index (χ2v) is 6.57.